The van der Waals surface area contributed by atoms with Crippen molar-refractivity contribution in [2.45, 2.75) is 115 Å². The molecule has 1 saturated heterocycles. The lowest BCUT2D eigenvalue weighted by molar-refractivity contribution is -0.144. The van der Waals surface area contributed by atoms with Gasteiger partial charge in [0.1, 0.15) is 35.9 Å². The van der Waals surface area contributed by atoms with Crippen LogP contribution in [0.15, 0.2) is 76.1 Å². The van der Waals surface area contributed by atoms with Gasteiger partial charge in [-0.25, -0.2) is 18.1 Å². The summed E-state index contributed by atoms with van der Waals surface area (Å²) in [5, 5.41) is 24.5. The van der Waals surface area contributed by atoms with Crippen LogP contribution in [0.3, 0.4) is 0 Å². The highest BCUT2D eigenvalue weighted by atomic mass is 32.2. The highest BCUT2D eigenvalue weighted by molar-refractivity contribution is 7.91. The minimum Gasteiger partial charge on any atom is -0.494 e. The fraction of sp³-hybridized carbons (Fsp3) is 0.480. The molecule has 17 nitrogen and oxygen atoms in total. The Bertz CT molecular complexity index is 2690. The molecule has 6 rings (SSSR count). The first-order chi connectivity index (χ1) is 32.6. The van der Waals surface area contributed by atoms with E-state index in [1.165, 1.54) is 16.7 Å². The minimum atomic E-state index is -3.95. The van der Waals surface area contributed by atoms with Crippen molar-refractivity contribution in [2.75, 3.05) is 46.7 Å². The monoisotopic (exact) mass is 987 g/mol. The second-order valence-corrected chi connectivity index (χ2v) is 21.9. The quantitative estimate of drug-likeness (QED) is 0.0757. The Hall–Kier alpha value is -5.73. The van der Waals surface area contributed by atoms with Crippen LogP contribution in [0.1, 0.15) is 82.5 Å². The summed E-state index contributed by atoms with van der Waals surface area (Å²) in [5.41, 5.74) is 6.46. The molecule has 0 saturated carbocycles. The molecule has 5 aromatic rings. The summed E-state index contributed by atoms with van der Waals surface area (Å²) in [5.74, 6) is -0.268. The molecule has 1 aliphatic heterocycles. The Morgan fingerprint density at radius 2 is 1.57 bits per heavy atom. The third-order valence-corrected chi connectivity index (χ3v) is 14.6. The van der Waals surface area contributed by atoms with Crippen molar-refractivity contribution < 1.29 is 46.9 Å². The largest absolute Gasteiger partial charge is 0.494 e. The van der Waals surface area contributed by atoms with Crippen LogP contribution in [-0.4, -0.2) is 121 Å². The van der Waals surface area contributed by atoms with Gasteiger partial charge in [0.25, 0.3) is 0 Å². The molecule has 69 heavy (non-hydrogen) atoms. The van der Waals surface area contributed by atoms with E-state index in [-0.39, 0.29) is 80.2 Å². The number of methoxy groups -OCH3 is 1. The van der Waals surface area contributed by atoms with Crippen LogP contribution in [0.25, 0.3) is 16.1 Å². The Kier molecular flexibility index (Phi) is 17.1. The second-order valence-electron chi connectivity index (χ2n) is 19.2. The van der Waals surface area contributed by atoms with Crippen molar-refractivity contribution in [3.8, 4) is 27.6 Å². The number of rotatable bonds is 20. The van der Waals surface area contributed by atoms with Gasteiger partial charge in [-0.2, -0.15) is 0 Å². The lowest BCUT2D eigenvalue weighted by atomic mass is 9.85. The van der Waals surface area contributed by atoms with Crippen molar-refractivity contribution in [3.05, 3.63) is 94.3 Å². The van der Waals surface area contributed by atoms with E-state index in [1.807, 2.05) is 76.5 Å². The summed E-state index contributed by atoms with van der Waals surface area (Å²) in [6.45, 7) is 18.4. The standard InChI is InChI=1S/C50H65N7O10S2/c1-31-25-39(57-33(3)47(54-55-57)69(62,63)38-17-15-36(16-18-38)49(4,5)6)42(64-10)27-41(31)67-24-23-66-22-21-65-20-19-43(59)53-45(50(7,8)9)48(61)56-29-37(58)26-40(56)46(60)51-28-34-11-13-35(14-12-34)44-32(2)52-30-68-44/h11-18,25,27,30,37,40,45,58H,19-24,26,28-29H2,1-10H3,(H,51,60)(H,53,59)/t37-,40+,45-/m1/s1. The lowest BCUT2D eigenvalue weighted by Gasteiger charge is -2.35. The summed E-state index contributed by atoms with van der Waals surface area (Å²) in [6, 6.07) is 16.3. The Morgan fingerprint density at radius 3 is 2.19 bits per heavy atom. The second kappa shape index (κ2) is 22.4. The number of aliphatic hydroxyl groups is 1. The average molecular weight is 988 g/mol. The Balaban J connectivity index is 0.924. The molecule has 0 unspecified atom stereocenters. The number of β-amino-alcohol motifs (C(OH)–C–C–N with tert-alkyl or cyclic N) is 1. The van der Waals surface area contributed by atoms with Gasteiger partial charge in [0.15, 0.2) is 0 Å². The molecular formula is C50H65N7O10S2. The van der Waals surface area contributed by atoms with Crippen molar-refractivity contribution in [2.24, 2.45) is 5.41 Å². The minimum absolute atomic E-state index is 0.00926. The number of aryl methyl sites for hydroxylation is 2. The summed E-state index contributed by atoms with van der Waals surface area (Å²) in [6.07, 6.45) is -0.799. The molecule has 3 N–H and O–H groups in total. The molecule has 3 heterocycles. The van der Waals surface area contributed by atoms with Crippen LogP contribution >= 0.6 is 11.3 Å². The van der Waals surface area contributed by atoms with Crippen molar-refractivity contribution >= 4 is 38.9 Å². The van der Waals surface area contributed by atoms with Gasteiger partial charge in [0.2, 0.25) is 32.6 Å². The number of thiazole rings is 1. The number of likely N-dealkylation sites (tertiary alicyclic amines) is 1. The number of aromatic nitrogens is 4. The number of ether oxygens (including phenoxy) is 4. The first-order valence-corrected chi connectivity index (χ1v) is 25.3. The van der Waals surface area contributed by atoms with E-state index >= 15 is 0 Å². The molecule has 0 spiro atoms. The summed E-state index contributed by atoms with van der Waals surface area (Å²) in [4.78, 5) is 47.5. The number of nitrogens with one attached hydrogen (secondary N) is 2. The van der Waals surface area contributed by atoms with Crippen LogP contribution in [0.4, 0.5) is 0 Å². The summed E-state index contributed by atoms with van der Waals surface area (Å²) < 4.78 is 51.7. The van der Waals surface area contributed by atoms with E-state index in [4.69, 9.17) is 18.9 Å². The van der Waals surface area contributed by atoms with Crippen LogP contribution in [0.2, 0.25) is 0 Å². The van der Waals surface area contributed by atoms with Crippen molar-refractivity contribution in [1.82, 2.24) is 35.5 Å². The van der Waals surface area contributed by atoms with E-state index in [9.17, 15) is 27.9 Å². The number of nitrogens with zero attached hydrogens (tertiary/aromatic N) is 5. The van der Waals surface area contributed by atoms with Crippen LogP contribution in [0, 0.1) is 26.2 Å². The van der Waals surface area contributed by atoms with Gasteiger partial charge in [-0.05, 0) is 72.1 Å². The molecule has 3 amide bonds. The fourth-order valence-electron chi connectivity index (χ4n) is 7.89. The molecule has 1 fully saturated rings. The zero-order valence-electron chi connectivity index (χ0n) is 41.1. The molecule has 19 heteroatoms. The van der Waals surface area contributed by atoms with Gasteiger partial charge in [-0.1, -0.05) is 83.2 Å². The van der Waals surface area contributed by atoms with Gasteiger partial charge in [-0.3, -0.25) is 14.4 Å². The number of carbonyl (C=O) groups is 3. The zero-order valence-corrected chi connectivity index (χ0v) is 42.8. The number of amides is 3. The smallest absolute Gasteiger partial charge is 0.246 e. The number of benzene rings is 3. The Labute approximate surface area is 408 Å². The van der Waals surface area contributed by atoms with Crippen molar-refractivity contribution in [1.29, 1.82) is 0 Å². The van der Waals surface area contributed by atoms with E-state index < -0.39 is 45.3 Å². The van der Waals surface area contributed by atoms with Crippen LogP contribution < -0.4 is 20.1 Å². The maximum Gasteiger partial charge on any atom is 0.246 e. The molecule has 372 valence electrons. The molecule has 3 atom stereocenters. The average Bonchev–Trinajstić information content (AvgIpc) is 4.04. The van der Waals surface area contributed by atoms with E-state index in [0.29, 0.717) is 22.9 Å². The maximum absolute atomic E-state index is 14.0. The third kappa shape index (κ3) is 12.9. The zero-order chi connectivity index (χ0) is 50.3. The SMILES string of the molecule is COc1cc(OCCOCCOCCC(=O)N[C@H](C(=O)N2C[C@H](O)C[C@H]2C(=O)NCc2ccc(-c3scnc3C)cc2)C(C)(C)C)c(C)cc1-n1nnc(S(=O)(=O)c2ccc(C(C)(C)C)cc2)c1C. The number of sulfone groups is 1. The first kappa shape index (κ1) is 52.6. The van der Waals surface area contributed by atoms with Crippen LogP contribution in [0.5, 0.6) is 11.5 Å². The molecule has 1 aliphatic rings. The molecule has 0 bridgehead atoms. The molecule has 2 aromatic heterocycles. The van der Waals surface area contributed by atoms with Gasteiger partial charge < -0.3 is 39.6 Å². The van der Waals surface area contributed by atoms with Crippen molar-refractivity contribution in [3.63, 3.8) is 0 Å². The summed E-state index contributed by atoms with van der Waals surface area (Å²) in [7, 11) is -2.45. The van der Waals surface area contributed by atoms with E-state index in [1.54, 1.807) is 42.5 Å². The topological polar surface area (TPSA) is 213 Å². The normalized spacial score (nSPS) is 15.8. The number of hydrogen-bond acceptors (Lipinski definition) is 14. The van der Waals surface area contributed by atoms with E-state index in [0.717, 1.165) is 32.8 Å². The number of hydrogen-bond donors (Lipinski definition) is 3. The maximum atomic E-state index is 14.0. The third-order valence-electron chi connectivity index (χ3n) is 11.9. The predicted octanol–water partition coefficient (Wildman–Crippen LogP) is 6.07. The fourth-order valence-corrected chi connectivity index (χ4v) is 10.0. The number of carbonyl (C=O) groups excluding carboxylic acids is 3. The number of aliphatic hydroxyl groups excluding tert-OH is 1. The summed E-state index contributed by atoms with van der Waals surface area (Å²) >= 11 is 1.57. The van der Waals surface area contributed by atoms with E-state index in [2.05, 4.69) is 46.7 Å². The van der Waals surface area contributed by atoms with Gasteiger partial charge in [-0.15, -0.1) is 16.4 Å². The highest BCUT2D eigenvalue weighted by Gasteiger charge is 2.44. The van der Waals surface area contributed by atoms with Gasteiger partial charge >= 0.3 is 0 Å². The molecule has 3 aromatic carbocycles. The van der Waals surface area contributed by atoms with Gasteiger partial charge in [0, 0.05) is 32.0 Å². The molecular weight excluding hydrogens is 923 g/mol. The van der Waals surface area contributed by atoms with Gasteiger partial charge in [0.05, 0.1) is 66.3 Å². The highest BCUT2D eigenvalue weighted by Crippen LogP contribution is 2.34. The molecule has 0 aliphatic carbocycles. The molecule has 0 radical (unpaired) electrons. The Morgan fingerprint density at radius 1 is 0.899 bits per heavy atom. The lowest BCUT2D eigenvalue weighted by Crippen LogP contribution is -2.57. The predicted molar refractivity (Wildman–Crippen MR) is 261 cm³/mol. The first-order valence-electron chi connectivity index (χ1n) is 22.9. The van der Waals surface area contributed by atoms with Crippen LogP contribution in [-0.2, 0) is 45.7 Å².